The van der Waals surface area contributed by atoms with Gasteiger partial charge in [-0.1, -0.05) is 17.7 Å². The van der Waals surface area contributed by atoms with E-state index >= 15 is 0 Å². The average Bonchev–Trinajstić information content (AvgIpc) is 3.39. The summed E-state index contributed by atoms with van der Waals surface area (Å²) in [6.45, 7) is 0.356. The number of rotatable bonds is 6. The van der Waals surface area contributed by atoms with Gasteiger partial charge < -0.3 is 5.32 Å². The van der Waals surface area contributed by atoms with Gasteiger partial charge in [0.1, 0.15) is 5.02 Å². The van der Waals surface area contributed by atoms with Crippen LogP contribution in [0.4, 0.5) is 5.69 Å². The molecule has 8 nitrogen and oxygen atoms in total. The fourth-order valence-electron chi connectivity index (χ4n) is 2.61. The molecule has 0 aliphatic carbocycles. The molecule has 0 saturated carbocycles. The van der Waals surface area contributed by atoms with Crippen molar-refractivity contribution in [3.63, 3.8) is 0 Å². The monoisotopic (exact) mass is 433 g/mol. The average molecular weight is 434 g/mol. The van der Waals surface area contributed by atoms with Crippen molar-refractivity contribution in [2.75, 3.05) is 6.54 Å². The maximum absolute atomic E-state index is 12.3. The van der Waals surface area contributed by atoms with Gasteiger partial charge in [-0.15, -0.1) is 27.8 Å². The van der Waals surface area contributed by atoms with Crippen LogP contribution in [0, 0.1) is 10.1 Å². The van der Waals surface area contributed by atoms with Crippen LogP contribution in [-0.4, -0.2) is 32.0 Å². The van der Waals surface area contributed by atoms with E-state index in [1.807, 2.05) is 22.9 Å². The van der Waals surface area contributed by atoms with Gasteiger partial charge in [0.05, 0.1) is 15.5 Å². The topological polar surface area (TPSA) is 102 Å². The number of carbonyl (C=O) groups is 1. The molecule has 0 atom stereocenters. The van der Waals surface area contributed by atoms with E-state index in [4.69, 9.17) is 11.6 Å². The fourth-order valence-corrected chi connectivity index (χ4v) is 4.30. The molecule has 1 aromatic carbocycles. The Morgan fingerprint density at radius 2 is 2.18 bits per heavy atom. The van der Waals surface area contributed by atoms with E-state index in [0.29, 0.717) is 18.8 Å². The van der Waals surface area contributed by atoms with Crippen molar-refractivity contribution >= 4 is 50.8 Å². The van der Waals surface area contributed by atoms with Crippen LogP contribution in [0.2, 0.25) is 5.02 Å². The Balaban J connectivity index is 1.43. The summed E-state index contributed by atoms with van der Waals surface area (Å²) in [6.07, 6.45) is 0.550. The summed E-state index contributed by atoms with van der Waals surface area (Å²) in [4.78, 5) is 28.9. The Kier molecular flexibility index (Phi) is 5.07. The number of thiazole rings is 1. The molecule has 28 heavy (non-hydrogen) atoms. The van der Waals surface area contributed by atoms with Gasteiger partial charge in [-0.05, 0) is 23.6 Å². The first kappa shape index (κ1) is 18.5. The number of aromatic nitrogens is 3. The largest absolute Gasteiger partial charge is 0.352 e. The molecule has 4 aromatic rings. The molecule has 1 N–H and O–H groups in total. The van der Waals surface area contributed by atoms with E-state index in [1.54, 1.807) is 15.9 Å². The Morgan fingerprint density at radius 3 is 2.93 bits per heavy atom. The zero-order valence-corrected chi connectivity index (χ0v) is 16.6. The molecule has 0 spiro atoms. The van der Waals surface area contributed by atoms with E-state index < -0.39 is 10.8 Å². The predicted octanol–water partition coefficient (Wildman–Crippen LogP) is 4.05. The van der Waals surface area contributed by atoms with Gasteiger partial charge in [-0.3, -0.25) is 14.9 Å². The number of nitrogens with one attached hydrogen (secondary N) is 1. The minimum Gasteiger partial charge on any atom is -0.352 e. The van der Waals surface area contributed by atoms with Crippen LogP contribution in [0.3, 0.4) is 0 Å². The van der Waals surface area contributed by atoms with Crippen molar-refractivity contribution in [1.82, 2.24) is 19.9 Å². The second kappa shape index (κ2) is 7.66. The Bertz CT molecular complexity index is 1170. The normalized spacial score (nSPS) is 11.0. The summed E-state index contributed by atoms with van der Waals surface area (Å²) in [5.41, 5.74) is 0.822. The Labute approximate surface area is 171 Å². The fraction of sp³-hybridized carbons (Fsp3) is 0.118. The van der Waals surface area contributed by atoms with E-state index in [9.17, 15) is 14.9 Å². The van der Waals surface area contributed by atoms with Gasteiger partial charge in [0.2, 0.25) is 4.96 Å². The van der Waals surface area contributed by atoms with Crippen molar-refractivity contribution in [2.45, 2.75) is 6.42 Å². The van der Waals surface area contributed by atoms with Crippen molar-refractivity contribution in [3.8, 4) is 10.7 Å². The third-order valence-electron chi connectivity index (χ3n) is 3.96. The zero-order chi connectivity index (χ0) is 19.7. The van der Waals surface area contributed by atoms with Crippen molar-refractivity contribution in [1.29, 1.82) is 0 Å². The standard InChI is InChI=1S/C17H12ClN5O3S2/c18-12-4-3-10(8-13(12)23(25)26)16(24)19-6-5-11-9-28-17-20-15(21-22(11)17)14-2-1-7-27-14/h1-4,7-9H,5-6H2,(H,19,24). The highest BCUT2D eigenvalue weighted by Gasteiger charge is 2.17. The molecule has 1 amide bonds. The first-order chi connectivity index (χ1) is 13.5. The molecule has 142 valence electrons. The highest BCUT2D eigenvalue weighted by Crippen LogP contribution is 2.26. The van der Waals surface area contributed by atoms with E-state index in [1.165, 1.54) is 29.5 Å². The van der Waals surface area contributed by atoms with Gasteiger partial charge in [0.15, 0.2) is 5.82 Å². The highest BCUT2D eigenvalue weighted by molar-refractivity contribution is 7.15. The van der Waals surface area contributed by atoms with Crippen molar-refractivity contribution in [3.05, 3.63) is 67.5 Å². The SMILES string of the molecule is O=C(NCCc1csc2nc(-c3cccs3)nn12)c1ccc(Cl)c([N+](=O)[O-])c1. The maximum atomic E-state index is 12.3. The quantitative estimate of drug-likeness (QED) is 0.365. The number of amides is 1. The summed E-state index contributed by atoms with van der Waals surface area (Å²) in [6, 6.07) is 7.89. The molecule has 0 fully saturated rings. The van der Waals surface area contributed by atoms with E-state index in [2.05, 4.69) is 15.4 Å². The number of nitrogens with zero attached hydrogens (tertiary/aromatic N) is 4. The summed E-state index contributed by atoms with van der Waals surface area (Å²) < 4.78 is 1.78. The second-order valence-corrected chi connectivity index (χ2v) is 7.95. The molecule has 11 heteroatoms. The van der Waals surface area contributed by atoms with Gasteiger partial charge in [-0.2, -0.15) is 4.98 Å². The number of fused-ring (bicyclic) bond motifs is 1. The molecule has 0 radical (unpaired) electrons. The maximum Gasteiger partial charge on any atom is 0.288 e. The third-order valence-corrected chi connectivity index (χ3v) is 6.01. The number of hydrogen-bond donors (Lipinski definition) is 1. The lowest BCUT2D eigenvalue weighted by Crippen LogP contribution is -2.26. The van der Waals surface area contributed by atoms with E-state index in [-0.39, 0.29) is 16.3 Å². The molecule has 3 heterocycles. The molecular weight excluding hydrogens is 422 g/mol. The summed E-state index contributed by atoms with van der Waals surface area (Å²) in [7, 11) is 0. The van der Waals surface area contributed by atoms with Gasteiger partial charge in [0, 0.05) is 30.0 Å². The van der Waals surface area contributed by atoms with Crippen LogP contribution >= 0.6 is 34.3 Å². The lowest BCUT2D eigenvalue weighted by molar-refractivity contribution is -0.384. The number of hydrogen-bond acceptors (Lipinski definition) is 7. The Morgan fingerprint density at radius 1 is 1.32 bits per heavy atom. The zero-order valence-electron chi connectivity index (χ0n) is 14.2. The lowest BCUT2D eigenvalue weighted by atomic mass is 10.2. The van der Waals surface area contributed by atoms with Crippen molar-refractivity contribution in [2.24, 2.45) is 0 Å². The smallest absolute Gasteiger partial charge is 0.288 e. The van der Waals surface area contributed by atoms with Crippen LogP contribution in [0.15, 0.2) is 41.1 Å². The number of nitro benzene ring substituents is 1. The predicted molar refractivity (Wildman–Crippen MR) is 108 cm³/mol. The van der Waals surface area contributed by atoms with Crippen LogP contribution in [0.1, 0.15) is 16.1 Å². The number of carbonyl (C=O) groups excluding carboxylic acids is 1. The highest BCUT2D eigenvalue weighted by atomic mass is 35.5. The van der Waals surface area contributed by atoms with Gasteiger partial charge in [0.25, 0.3) is 11.6 Å². The first-order valence-electron chi connectivity index (χ1n) is 8.12. The van der Waals surface area contributed by atoms with Gasteiger partial charge in [-0.25, -0.2) is 4.52 Å². The minimum atomic E-state index is -0.614. The molecule has 0 unspecified atom stereocenters. The molecule has 3 aromatic heterocycles. The number of thiophene rings is 1. The van der Waals surface area contributed by atoms with Crippen LogP contribution in [-0.2, 0) is 6.42 Å². The molecule has 0 saturated heterocycles. The third kappa shape index (κ3) is 3.61. The minimum absolute atomic E-state index is 0.00468. The lowest BCUT2D eigenvalue weighted by Gasteiger charge is -2.05. The van der Waals surface area contributed by atoms with Crippen LogP contribution in [0.25, 0.3) is 15.7 Å². The molecule has 0 aliphatic rings. The first-order valence-corrected chi connectivity index (χ1v) is 10.3. The number of benzene rings is 1. The Hall–Kier alpha value is -2.82. The summed E-state index contributed by atoms with van der Waals surface area (Å²) in [5, 5.41) is 22.2. The molecule has 0 bridgehead atoms. The van der Waals surface area contributed by atoms with Crippen molar-refractivity contribution < 1.29 is 9.72 Å². The van der Waals surface area contributed by atoms with E-state index in [0.717, 1.165) is 15.5 Å². The number of nitro groups is 1. The number of halogens is 1. The summed E-state index contributed by atoms with van der Waals surface area (Å²) >= 11 is 8.84. The summed E-state index contributed by atoms with van der Waals surface area (Å²) in [5.74, 6) is 0.282. The van der Waals surface area contributed by atoms with Crippen LogP contribution in [0.5, 0.6) is 0 Å². The second-order valence-electron chi connectivity index (χ2n) is 5.76. The van der Waals surface area contributed by atoms with Crippen LogP contribution < -0.4 is 5.32 Å². The van der Waals surface area contributed by atoms with Gasteiger partial charge >= 0.3 is 0 Å². The molecule has 0 aliphatic heterocycles. The molecular formula is C17H12ClN5O3S2. The molecule has 4 rings (SSSR count).